The van der Waals surface area contributed by atoms with Crippen molar-refractivity contribution in [1.29, 1.82) is 0 Å². The third kappa shape index (κ3) is 3.51. The predicted molar refractivity (Wildman–Crippen MR) is 79.8 cm³/mol. The summed E-state index contributed by atoms with van der Waals surface area (Å²) < 4.78 is 0. The van der Waals surface area contributed by atoms with E-state index in [1.54, 1.807) is 0 Å². The molecule has 0 heterocycles. The minimum absolute atomic E-state index is 0.354. The Hall–Kier alpha value is -0.980. The van der Waals surface area contributed by atoms with E-state index < -0.39 is 0 Å². The molecule has 0 N–H and O–H groups in total. The lowest BCUT2D eigenvalue weighted by molar-refractivity contribution is 0.765. The summed E-state index contributed by atoms with van der Waals surface area (Å²) >= 11 is 12.0. The van der Waals surface area contributed by atoms with Crippen LogP contribution < -0.4 is 0 Å². The molecule has 2 aromatic carbocycles. The molecule has 2 aromatic rings. The van der Waals surface area contributed by atoms with Crippen molar-refractivity contribution in [2.75, 3.05) is 5.88 Å². The molecule has 0 aliphatic heterocycles. The Labute approximate surface area is 119 Å². The van der Waals surface area contributed by atoms with Crippen LogP contribution in [0.15, 0.2) is 48.5 Å². The predicted octanol–water partition coefficient (Wildman–Crippen LogP) is 5.21. The zero-order valence-corrected chi connectivity index (χ0v) is 11.9. The number of halogens is 2. The van der Waals surface area contributed by atoms with E-state index in [2.05, 4.69) is 43.3 Å². The second kappa shape index (κ2) is 6.26. The van der Waals surface area contributed by atoms with Crippen LogP contribution >= 0.6 is 23.2 Å². The summed E-state index contributed by atoms with van der Waals surface area (Å²) in [6.07, 6.45) is 0.949. The fraction of sp³-hybridized carbons (Fsp3) is 0.250. The van der Waals surface area contributed by atoms with Gasteiger partial charge in [0.15, 0.2) is 0 Å². The molecule has 0 aromatic heterocycles. The summed E-state index contributed by atoms with van der Waals surface area (Å²) in [5, 5.41) is 0.775. The molecular formula is C16H16Cl2. The largest absolute Gasteiger partial charge is 0.126 e. The SMILES string of the molecule is Cc1cccc(C(CCl)Cc2ccc(Cl)cc2)c1. The maximum atomic E-state index is 6.11. The summed E-state index contributed by atoms with van der Waals surface area (Å²) in [6.45, 7) is 2.11. The lowest BCUT2D eigenvalue weighted by Crippen LogP contribution is -2.05. The monoisotopic (exact) mass is 278 g/mol. The van der Waals surface area contributed by atoms with Crippen LogP contribution in [-0.2, 0) is 6.42 Å². The number of aryl methyl sites for hydroxylation is 1. The highest BCUT2D eigenvalue weighted by molar-refractivity contribution is 6.30. The molecule has 0 amide bonds. The molecule has 0 fully saturated rings. The van der Waals surface area contributed by atoms with E-state index in [1.807, 2.05) is 12.1 Å². The van der Waals surface area contributed by atoms with Gasteiger partial charge in [-0.05, 0) is 36.6 Å². The summed E-state index contributed by atoms with van der Waals surface area (Å²) in [4.78, 5) is 0. The van der Waals surface area contributed by atoms with Crippen LogP contribution in [0, 0.1) is 6.92 Å². The average molecular weight is 279 g/mol. The van der Waals surface area contributed by atoms with Crippen molar-refractivity contribution in [3.63, 3.8) is 0 Å². The molecule has 0 spiro atoms. The van der Waals surface area contributed by atoms with E-state index in [-0.39, 0.29) is 0 Å². The highest BCUT2D eigenvalue weighted by atomic mass is 35.5. The van der Waals surface area contributed by atoms with E-state index in [9.17, 15) is 0 Å². The van der Waals surface area contributed by atoms with Gasteiger partial charge >= 0.3 is 0 Å². The first-order valence-electron chi connectivity index (χ1n) is 6.06. The number of benzene rings is 2. The maximum Gasteiger partial charge on any atom is 0.0406 e. The number of hydrogen-bond acceptors (Lipinski definition) is 0. The zero-order chi connectivity index (χ0) is 13.0. The maximum absolute atomic E-state index is 6.11. The highest BCUT2D eigenvalue weighted by Gasteiger charge is 2.11. The van der Waals surface area contributed by atoms with Gasteiger partial charge in [0.2, 0.25) is 0 Å². The topological polar surface area (TPSA) is 0 Å². The first-order chi connectivity index (χ1) is 8.69. The molecular weight excluding hydrogens is 263 g/mol. The van der Waals surface area contributed by atoms with Gasteiger partial charge in [0.05, 0.1) is 0 Å². The van der Waals surface area contributed by atoms with Gasteiger partial charge in [-0.15, -0.1) is 11.6 Å². The van der Waals surface area contributed by atoms with Crippen molar-refractivity contribution in [2.45, 2.75) is 19.3 Å². The van der Waals surface area contributed by atoms with E-state index in [0.717, 1.165) is 11.4 Å². The highest BCUT2D eigenvalue weighted by Crippen LogP contribution is 2.24. The Balaban J connectivity index is 2.17. The number of hydrogen-bond donors (Lipinski definition) is 0. The molecule has 0 bridgehead atoms. The lowest BCUT2D eigenvalue weighted by atomic mass is 9.93. The number of alkyl halides is 1. The quantitative estimate of drug-likeness (QED) is 0.674. The summed E-state index contributed by atoms with van der Waals surface area (Å²) in [5.74, 6) is 0.985. The molecule has 0 saturated heterocycles. The Kier molecular flexibility index (Phi) is 4.68. The van der Waals surface area contributed by atoms with Crippen molar-refractivity contribution in [1.82, 2.24) is 0 Å². The van der Waals surface area contributed by atoms with E-state index in [4.69, 9.17) is 23.2 Å². The van der Waals surface area contributed by atoms with Crippen LogP contribution in [-0.4, -0.2) is 5.88 Å². The smallest absolute Gasteiger partial charge is 0.0406 e. The van der Waals surface area contributed by atoms with E-state index in [1.165, 1.54) is 16.7 Å². The average Bonchev–Trinajstić information content (AvgIpc) is 2.38. The second-order valence-corrected chi connectivity index (χ2v) is 5.34. The normalized spacial score (nSPS) is 12.4. The van der Waals surface area contributed by atoms with Gasteiger partial charge in [-0.3, -0.25) is 0 Å². The van der Waals surface area contributed by atoms with Gasteiger partial charge in [0, 0.05) is 16.8 Å². The molecule has 2 heteroatoms. The lowest BCUT2D eigenvalue weighted by Gasteiger charge is -2.15. The van der Waals surface area contributed by atoms with Gasteiger partial charge in [-0.2, -0.15) is 0 Å². The minimum atomic E-state index is 0.354. The standard InChI is InChI=1S/C16H16Cl2/c1-12-3-2-4-14(9-12)15(11-17)10-13-5-7-16(18)8-6-13/h2-9,15H,10-11H2,1H3. The molecule has 18 heavy (non-hydrogen) atoms. The number of rotatable bonds is 4. The first kappa shape index (κ1) is 13.5. The third-order valence-electron chi connectivity index (χ3n) is 3.10. The van der Waals surface area contributed by atoms with Gasteiger partial charge < -0.3 is 0 Å². The molecule has 0 saturated carbocycles. The Morgan fingerprint density at radius 3 is 2.39 bits per heavy atom. The molecule has 2 rings (SSSR count). The Morgan fingerprint density at radius 2 is 1.78 bits per heavy atom. The van der Waals surface area contributed by atoms with Gasteiger partial charge in [0.25, 0.3) is 0 Å². The van der Waals surface area contributed by atoms with Crippen molar-refractivity contribution in [3.8, 4) is 0 Å². The van der Waals surface area contributed by atoms with Crippen molar-refractivity contribution in [3.05, 3.63) is 70.2 Å². The summed E-state index contributed by atoms with van der Waals surface area (Å²) in [5.41, 5.74) is 3.85. The van der Waals surface area contributed by atoms with Crippen LogP contribution in [0.25, 0.3) is 0 Å². The van der Waals surface area contributed by atoms with E-state index >= 15 is 0 Å². The molecule has 0 radical (unpaired) electrons. The van der Waals surface area contributed by atoms with Crippen LogP contribution in [0.5, 0.6) is 0 Å². The molecule has 0 aliphatic carbocycles. The van der Waals surface area contributed by atoms with Gasteiger partial charge in [0.1, 0.15) is 0 Å². The van der Waals surface area contributed by atoms with Crippen molar-refractivity contribution in [2.24, 2.45) is 0 Å². The molecule has 1 unspecified atom stereocenters. The molecule has 94 valence electrons. The van der Waals surface area contributed by atoms with Gasteiger partial charge in [-0.25, -0.2) is 0 Å². The van der Waals surface area contributed by atoms with Crippen LogP contribution in [0.4, 0.5) is 0 Å². The van der Waals surface area contributed by atoms with Crippen molar-refractivity contribution >= 4 is 23.2 Å². The first-order valence-corrected chi connectivity index (χ1v) is 6.97. The minimum Gasteiger partial charge on any atom is -0.126 e. The van der Waals surface area contributed by atoms with E-state index in [0.29, 0.717) is 11.8 Å². The molecule has 1 atom stereocenters. The second-order valence-electron chi connectivity index (χ2n) is 4.60. The van der Waals surface area contributed by atoms with Crippen LogP contribution in [0.3, 0.4) is 0 Å². The zero-order valence-electron chi connectivity index (χ0n) is 10.4. The Bertz CT molecular complexity index is 503. The fourth-order valence-electron chi connectivity index (χ4n) is 2.09. The van der Waals surface area contributed by atoms with Crippen LogP contribution in [0.1, 0.15) is 22.6 Å². The third-order valence-corrected chi connectivity index (χ3v) is 3.72. The summed E-state index contributed by atoms with van der Waals surface area (Å²) in [6, 6.07) is 16.5. The molecule has 0 aliphatic rings. The Morgan fingerprint density at radius 1 is 1.06 bits per heavy atom. The summed E-state index contributed by atoms with van der Waals surface area (Å²) in [7, 11) is 0. The molecule has 0 nitrogen and oxygen atoms in total. The van der Waals surface area contributed by atoms with Crippen LogP contribution in [0.2, 0.25) is 5.02 Å². The van der Waals surface area contributed by atoms with Crippen molar-refractivity contribution < 1.29 is 0 Å². The fourth-order valence-corrected chi connectivity index (χ4v) is 2.50. The van der Waals surface area contributed by atoms with Gasteiger partial charge in [-0.1, -0.05) is 53.6 Å².